The number of rotatable bonds is 3. The van der Waals surface area contributed by atoms with Crippen LogP contribution in [0.25, 0.3) is 0 Å². The Hall–Kier alpha value is -0.530. The van der Waals surface area contributed by atoms with Crippen molar-refractivity contribution in [2.75, 3.05) is 0 Å². The van der Waals surface area contributed by atoms with Crippen LogP contribution in [0.3, 0.4) is 0 Å². The van der Waals surface area contributed by atoms with Crippen molar-refractivity contribution in [1.29, 1.82) is 0 Å². The summed E-state index contributed by atoms with van der Waals surface area (Å²) in [4.78, 5) is 10.7. The third-order valence-corrected chi connectivity index (χ3v) is 3.37. The van der Waals surface area contributed by atoms with E-state index in [1.54, 1.807) is 0 Å². The first-order valence-electron chi connectivity index (χ1n) is 4.36. The molecular formula is C9H14O2. The molecule has 0 aromatic rings. The van der Waals surface area contributed by atoms with Gasteiger partial charge in [-0.25, -0.2) is 0 Å². The summed E-state index contributed by atoms with van der Waals surface area (Å²) in [7, 11) is 0. The first-order valence-corrected chi connectivity index (χ1v) is 4.36. The topological polar surface area (TPSA) is 37.3 Å². The molecule has 0 aromatic heterocycles. The van der Waals surface area contributed by atoms with Gasteiger partial charge in [-0.15, -0.1) is 0 Å². The van der Waals surface area contributed by atoms with Crippen molar-refractivity contribution < 1.29 is 9.90 Å². The molecule has 0 atom stereocenters. The van der Waals surface area contributed by atoms with E-state index >= 15 is 0 Å². The number of carboxylic acid groups (broad SMARTS) is 1. The molecule has 0 spiro atoms. The SMILES string of the molecule is CCCC12CC(C(=O)O)(C1)C2. The van der Waals surface area contributed by atoms with E-state index < -0.39 is 5.97 Å². The van der Waals surface area contributed by atoms with Crippen molar-refractivity contribution in [3.63, 3.8) is 0 Å². The summed E-state index contributed by atoms with van der Waals surface area (Å²) in [6.07, 6.45) is 5.33. The number of hydrogen-bond acceptors (Lipinski definition) is 1. The lowest BCUT2D eigenvalue weighted by molar-refractivity contribution is -0.224. The highest BCUT2D eigenvalue weighted by Crippen LogP contribution is 2.75. The van der Waals surface area contributed by atoms with E-state index in [2.05, 4.69) is 6.92 Å². The highest BCUT2D eigenvalue weighted by molar-refractivity contribution is 5.79. The Balaban J connectivity index is 1.94. The summed E-state index contributed by atoms with van der Waals surface area (Å²) in [5.41, 5.74) is 0.225. The van der Waals surface area contributed by atoms with Gasteiger partial charge in [0.25, 0.3) is 0 Å². The number of carboxylic acids is 1. The van der Waals surface area contributed by atoms with Gasteiger partial charge in [-0.2, -0.15) is 0 Å². The molecule has 3 saturated carbocycles. The molecule has 0 aromatic carbocycles. The molecule has 0 radical (unpaired) electrons. The third-order valence-electron chi connectivity index (χ3n) is 3.37. The summed E-state index contributed by atoms with van der Waals surface area (Å²) < 4.78 is 0. The van der Waals surface area contributed by atoms with Crippen LogP contribution in [0.5, 0.6) is 0 Å². The highest BCUT2D eigenvalue weighted by atomic mass is 16.4. The fourth-order valence-corrected chi connectivity index (χ4v) is 3.02. The predicted molar refractivity (Wildman–Crippen MR) is 41.3 cm³/mol. The molecule has 2 nitrogen and oxygen atoms in total. The molecule has 62 valence electrons. The summed E-state index contributed by atoms with van der Waals surface area (Å²) in [5, 5.41) is 8.81. The van der Waals surface area contributed by atoms with Gasteiger partial charge in [-0.1, -0.05) is 13.3 Å². The molecule has 1 N–H and O–H groups in total. The second kappa shape index (κ2) is 1.79. The van der Waals surface area contributed by atoms with Crippen LogP contribution >= 0.6 is 0 Å². The van der Waals surface area contributed by atoms with E-state index in [4.69, 9.17) is 5.11 Å². The summed E-state index contributed by atoms with van der Waals surface area (Å²) >= 11 is 0. The van der Waals surface area contributed by atoms with Gasteiger partial charge in [0.2, 0.25) is 0 Å². The molecule has 2 heteroatoms. The zero-order chi connectivity index (χ0) is 8.11. The van der Waals surface area contributed by atoms with Crippen LogP contribution in [-0.2, 0) is 4.79 Å². The van der Waals surface area contributed by atoms with Crippen molar-refractivity contribution in [1.82, 2.24) is 0 Å². The molecule has 0 unspecified atom stereocenters. The predicted octanol–water partition coefficient (Wildman–Crippen LogP) is 2.04. The van der Waals surface area contributed by atoms with Crippen LogP contribution in [0.1, 0.15) is 39.0 Å². The second-order valence-electron chi connectivity index (χ2n) is 4.37. The first kappa shape index (κ1) is 7.14. The Morgan fingerprint density at radius 3 is 2.36 bits per heavy atom. The normalized spacial score (nSPS) is 45.9. The molecule has 2 bridgehead atoms. The van der Waals surface area contributed by atoms with E-state index in [1.165, 1.54) is 12.8 Å². The van der Waals surface area contributed by atoms with Gasteiger partial charge in [0, 0.05) is 0 Å². The fourth-order valence-electron chi connectivity index (χ4n) is 3.02. The average Bonchev–Trinajstić information content (AvgIpc) is 1.73. The maximum atomic E-state index is 10.7. The van der Waals surface area contributed by atoms with E-state index in [0.717, 1.165) is 19.3 Å². The second-order valence-corrected chi connectivity index (χ2v) is 4.37. The minimum absolute atomic E-state index is 0.255. The molecule has 3 fully saturated rings. The van der Waals surface area contributed by atoms with Crippen molar-refractivity contribution >= 4 is 5.97 Å². The van der Waals surface area contributed by atoms with Crippen molar-refractivity contribution in [3.8, 4) is 0 Å². The fraction of sp³-hybridized carbons (Fsp3) is 0.889. The van der Waals surface area contributed by atoms with E-state index in [9.17, 15) is 4.79 Å². The minimum atomic E-state index is -0.560. The van der Waals surface area contributed by atoms with Gasteiger partial charge >= 0.3 is 5.97 Å². The smallest absolute Gasteiger partial charge is 0.309 e. The van der Waals surface area contributed by atoms with Crippen molar-refractivity contribution in [2.24, 2.45) is 10.8 Å². The molecule has 0 saturated heterocycles. The molecule has 3 aliphatic rings. The Labute approximate surface area is 66.6 Å². The maximum absolute atomic E-state index is 10.7. The summed E-state index contributed by atoms with van der Waals surface area (Å²) in [5.74, 6) is -0.560. The molecule has 11 heavy (non-hydrogen) atoms. The molecule has 3 rings (SSSR count). The molecular weight excluding hydrogens is 140 g/mol. The number of hydrogen-bond donors (Lipinski definition) is 1. The van der Waals surface area contributed by atoms with Crippen LogP contribution in [0.15, 0.2) is 0 Å². The molecule has 3 aliphatic carbocycles. The van der Waals surface area contributed by atoms with Crippen LogP contribution in [0.4, 0.5) is 0 Å². The van der Waals surface area contributed by atoms with E-state index in [1.807, 2.05) is 0 Å². The van der Waals surface area contributed by atoms with Gasteiger partial charge in [-0.3, -0.25) is 4.79 Å². The van der Waals surface area contributed by atoms with E-state index in [0.29, 0.717) is 5.41 Å². The zero-order valence-electron chi connectivity index (χ0n) is 6.89. The van der Waals surface area contributed by atoms with Crippen LogP contribution in [0.2, 0.25) is 0 Å². The monoisotopic (exact) mass is 154 g/mol. The van der Waals surface area contributed by atoms with Gasteiger partial charge in [-0.05, 0) is 31.1 Å². The lowest BCUT2D eigenvalue weighted by atomic mass is 9.34. The lowest BCUT2D eigenvalue weighted by Gasteiger charge is -2.68. The number of carbonyl (C=O) groups is 1. The maximum Gasteiger partial charge on any atom is 0.309 e. The molecule has 0 heterocycles. The van der Waals surface area contributed by atoms with E-state index in [-0.39, 0.29) is 5.41 Å². The van der Waals surface area contributed by atoms with Crippen LogP contribution in [-0.4, -0.2) is 11.1 Å². The standard InChI is InChI=1S/C9H14O2/c1-2-3-8-4-9(5-8,6-8)7(10)11/h2-6H2,1H3,(H,10,11). The zero-order valence-corrected chi connectivity index (χ0v) is 6.89. The third kappa shape index (κ3) is 0.700. The molecule has 0 aliphatic heterocycles. The van der Waals surface area contributed by atoms with Crippen LogP contribution in [0, 0.1) is 10.8 Å². The summed E-state index contributed by atoms with van der Waals surface area (Å²) in [6, 6.07) is 0. The van der Waals surface area contributed by atoms with Gasteiger partial charge in [0.05, 0.1) is 5.41 Å². The Kier molecular flexibility index (Phi) is 1.16. The average molecular weight is 154 g/mol. The van der Waals surface area contributed by atoms with Gasteiger partial charge < -0.3 is 5.11 Å². The Morgan fingerprint density at radius 2 is 2.00 bits per heavy atom. The number of aliphatic carboxylic acids is 1. The Bertz CT molecular complexity index is 188. The quantitative estimate of drug-likeness (QED) is 0.675. The lowest BCUT2D eigenvalue weighted by Crippen LogP contribution is -2.65. The highest BCUT2D eigenvalue weighted by Gasteiger charge is 2.70. The molecule has 0 amide bonds. The van der Waals surface area contributed by atoms with Crippen molar-refractivity contribution in [2.45, 2.75) is 39.0 Å². The van der Waals surface area contributed by atoms with Crippen molar-refractivity contribution in [3.05, 3.63) is 0 Å². The van der Waals surface area contributed by atoms with Crippen LogP contribution < -0.4 is 0 Å². The van der Waals surface area contributed by atoms with Gasteiger partial charge in [0.15, 0.2) is 0 Å². The summed E-state index contributed by atoms with van der Waals surface area (Å²) in [6.45, 7) is 2.17. The first-order chi connectivity index (χ1) is 5.13. The van der Waals surface area contributed by atoms with Gasteiger partial charge in [0.1, 0.15) is 0 Å². The largest absolute Gasteiger partial charge is 0.481 e. The Morgan fingerprint density at radius 1 is 1.45 bits per heavy atom. The minimum Gasteiger partial charge on any atom is -0.481 e.